The number of ether oxygens (including phenoxy) is 1. The molecule has 3 aromatic rings. The van der Waals surface area contributed by atoms with E-state index in [1.807, 2.05) is 13.0 Å². The number of amides is 7. The third kappa shape index (κ3) is 14.5. The first kappa shape index (κ1) is 60.7. The molecule has 434 valence electrons. The summed E-state index contributed by atoms with van der Waals surface area (Å²) in [6, 6.07) is 7.45. The molecule has 2 saturated heterocycles. The van der Waals surface area contributed by atoms with Crippen LogP contribution in [0, 0.1) is 34.1 Å². The lowest BCUT2D eigenvalue weighted by molar-refractivity contribution is -1.06. The first-order chi connectivity index (χ1) is 38.0. The number of quaternary nitrogens is 2. The average Bonchev–Trinajstić information content (AvgIpc) is 4.33. The molecule has 3 heterocycles. The van der Waals surface area contributed by atoms with E-state index in [0.29, 0.717) is 22.3 Å². The molecule has 0 spiro atoms. The maximum Gasteiger partial charge on any atom is 0.329 e. The SMILES string of the molecule is CC=CC1CC2C(=O)OC(C)C(NC(=O)C(CC3CC3[NH+]([O-])O)NC(=O)c3ccc(Cl)n3O)C(=O)NC(C(C)c3ccccc3)C(=O)NC(CC3CC3[NH+]([O-])O)C(=O)NC(C(C)c3ccccc3)C(=O)NC(C(C)CC)C(=O)N2C1. The van der Waals surface area contributed by atoms with Crippen molar-refractivity contribution in [3.05, 3.63) is 117 Å². The number of carbonyl (C=O) groups is 8. The van der Waals surface area contributed by atoms with Crippen molar-refractivity contribution in [2.75, 3.05) is 6.54 Å². The van der Waals surface area contributed by atoms with E-state index in [0.717, 1.165) is 0 Å². The number of nitrogens with one attached hydrogen (secondary N) is 8. The van der Waals surface area contributed by atoms with Gasteiger partial charge in [-0.15, -0.1) is 0 Å². The molecule has 2 aliphatic carbocycles. The topological polar surface area (TPSA) is 342 Å². The number of hydrogen-bond donors (Lipinski definition) is 11. The van der Waals surface area contributed by atoms with Crippen LogP contribution in [0.5, 0.6) is 0 Å². The van der Waals surface area contributed by atoms with Gasteiger partial charge in [0, 0.05) is 43.1 Å². The summed E-state index contributed by atoms with van der Waals surface area (Å²) in [5.74, 6) is -11.1. The molecule has 4 aliphatic rings. The van der Waals surface area contributed by atoms with Gasteiger partial charge in [0.25, 0.3) is 5.91 Å². The lowest BCUT2D eigenvalue weighted by Crippen LogP contribution is -3.06. The van der Waals surface area contributed by atoms with Crippen molar-refractivity contribution in [1.29, 1.82) is 0 Å². The molecule has 18 atom stereocenters. The average molecular weight is 1130 g/mol. The number of nitrogens with zero attached hydrogens (tertiary/aromatic N) is 2. The van der Waals surface area contributed by atoms with E-state index in [2.05, 4.69) is 31.9 Å². The van der Waals surface area contributed by atoms with Crippen LogP contribution in [0.4, 0.5) is 0 Å². The third-order valence-electron chi connectivity index (χ3n) is 16.1. The fourth-order valence-corrected chi connectivity index (χ4v) is 11.0. The number of rotatable bonds is 17. The standard InChI is InChI=1S/C55H73ClN10O14/c1-7-15-32-22-42-55(74)80-31(6)47(62-49(68)37(23-35-25-40(35)65(76)77)57-50(69)39-20-21-43(56)64(39)75)53(72)61-45(29(4)33-16-11-9-12-17-33)51(70)58-38(24-36-26-41(36)66(78)79)48(67)60-46(30(5)34-18-13-10-14-19-34)52(71)59-44(28(3)8-2)54(73)63(42)27-32/h7,9-21,28-32,35-38,40-42,44-47,65-66,75-76,78H,8,22-27H2,1-6H3,(H,57,69)(H,58,70)(H,59,71)(H,60,67)(H,61,72)(H,62,68). The molecular formula is C55H73ClN10O14. The van der Waals surface area contributed by atoms with Crippen LogP contribution in [0.15, 0.2) is 84.9 Å². The number of hydroxylamine groups is 4. The Morgan fingerprint density at radius 2 is 1.34 bits per heavy atom. The van der Waals surface area contributed by atoms with Gasteiger partial charge >= 0.3 is 5.97 Å². The van der Waals surface area contributed by atoms with Gasteiger partial charge in [-0.2, -0.15) is 4.73 Å². The third-order valence-corrected chi connectivity index (χ3v) is 16.4. The van der Waals surface area contributed by atoms with E-state index in [9.17, 15) is 50.0 Å². The number of esters is 1. The van der Waals surface area contributed by atoms with Gasteiger partial charge in [-0.1, -0.05) is 119 Å². The molecule has 18 unspecified atom stereocenters. The summed E-state index contributed by atoms with van der Waals surface area (Å²) in [6.07, 6.45) is 2.26. The smallest absolute Gasteiger partial charge is 0.329 e. The van der Waals surface area contributed by atoms with Crippen LogP contribution in [0.3, 0.4) is 0 Å². The van der Waals surface area contributed by atoms with Crippen LogP contribution in [-0.4, -0.2) is 140 Å². The number of benzene rings is 2. The Hall–Kier alpha value is -6.93. The molecule has 2 saturated carbocycles. The van der Waals surface area contributed by atoms with Crippen LogP contribution >= 0.6 is 11.6 Å². The van der Waals surface area contributed by atoms with Gasteiger partial charge in [-0.25, -0.2) is 25.7 Å². The molecular weight excluding hydrogens is 1060 g/mol. The fraction of sp³-hybridized carbons (Fsp3) is 0.527. The van der Waals surface area contributed by atoms with E-state index in [1.54, 1.807) is 94.4 Å². The summed E-state index contributed by atoms with van der Waals surface area (Å²) in [7, 11) is 0. The molecule has 11 N–H and O–H groups in total. The van der Waals surface area contributed by atoms with Gasteiger partial charge in [0.15, 0.2) is 0 Å². The Morgan fingerprint density at radius 1 is 0.787 bits per heavy atom. The molecule has 2 aliphatic heterocycles. The molecule has 7 rings (SSSR count). The minimum atomic E-state index is -1.90. The van der Waals surface area contributed by atoms with Crippen molar-refractivity contribution < 1.29 is 69.2 Å². The molecule has 1 aromatic heterocycles. The zero-order valence-electron chi connectivity index (χ0n) is 45.4. The minimum Gasteiger partial charge on any atom is -0.600 e. The quantitative estimate of drug-likeness (QED) is 0.0377. The van der Waals surface area contributed by atoms with Crippen molar-refractivity contribution in [1.82, 2.24) is 41.5 Å². The van der Waals surface area contributed by atoms with Gasteiger partial charge in [0.05, 0.1) is 0 Å². The summed E-state index contributed by atoms with van der Waals surface area (Å²) < 4.78 is 6.47. The Bertz CT molecular complexity index is 2750. The van der Waals surface area contributed by atoms with Gasteiger partial charge in [0.1, 0.15) is 71.3 Å². The summed E-state index contributed by atoms with van der Waals surface area (Å²) in [5.41, 5.74) is 0.777. The maximum absolute atomic E-state index is 15.2. The summed E-state index contributed by atoms with van der Waals surface area (Å²) in [6.45, 7) is 9.97. The Balaban J connectivity index is 1.33. The first-order valence-corrected chi connectivity index (χ1v) is 27.5. The van der Waals surface area contributed by atoms with Gasteiger partial charge in [-0.3, -0.25) is 33.6 Å². The van der Waals surface area contributed by atoms with Crippen LogP contribution in [0.25, 0.3) is 0 Å². The van der Waals surface area contributed by atoms with Crippen molar-refractivity contribution >= 4 is 58.9 Å². The van der Waals surface area contributed by atoms with E-state index in [1.165, 1.54) is 24.0 Å². The number of aromatic nitrogens is 1. The predicted molar refractivity (Wildman–Crippen MR) is 286 cm³/mol. The van der Waals surface area contributed by atoms with E-state index >= 15 is 14.4 Å². The van der Waals surface area contributed by atoms with E-state index in [4.69, 9.17) is 16.3 Å². The highest BCUT2D eigenvalue weighted by atomic mass is 35.5. The monoisotopic (exact) mass is 1130 g/mol. The summed E-state index contributed by atoms with van der Waals surface area (Å²) in [5, 5.41) is 68.2. The molecule has 2 aromatic carbocycles. The lowest BCUT2D eigenvalue weighted by atomic mass is 9.90. The minimum absolute atomic E-state index is 0.0106. The number of hydrogen-bond acceptors (Lipinski definition) is 14. The lowest BCUT2D eigenvalue weighted by Gasteiger charge is -2.34. The second kappa shape index (κ2) is 26.6. The van der Waals surface area contributed by atoms with Gasteiger partial charge in [0.2, 0.25) is 35.4 Å². The van der Waals surface area contributed by atoms with Crippen LogP contribution in [0.2, 0.25) is 5.15 Å². The molecule has 0 bridgehead atoms. The van der Waals surface area contributed by atoms with Crippen molar-refractivity contribution in [3.8, 4) is 0 Å². The fourth-order valence-electron chi connectivity index (χ4n) is 10.8. The highest BCUT2D eigenvalue weighted by molar-refractivity contribution is 6.30. The molecule has 0 radical (unpaired) electrons. The van der Waals surface area contributed by atoms with Crippen LogP contribution < -0.4 is 42.4 Å². The second-order valence-electron chi connectivity index (χ2n) is 21.7. The number of halogens is 1. The number of allylic oxidation sites excluding steroid dienone is 1. The molecule has 80 heavy (non-hydrogen) atoms. The first-order valence-electron chi connectivity index (χ1n) is 27.1. The molecule has 7 amide bonds. The largest absolute Gasteiger partial charge is 0.600 e. The van der Waals surface area contributed by atoms with Gasteiger partial charge < -0.3 is 57.2 Å². The van der Waals surface area contributed by atoms with Crippen molar-refractivity contribution in [2.24, 2.45) is 23.7 Å². The highest BCUT2D eigenvalue weighted by Crippen LogP contribution is 2.35. The summed E-state index contributed by atoms with van der Waals surface area (Å²) >= 11 is 6.00. The summed E-state index contributed by atoms with van der Waals surface area (Å²) in [4.78, 5) is 120. The second-order valence-corrected chi connectivity index (χ2v) is 22.1. The Labute approximate surface area is 468 Å². The predicted octanol–water partition coefficient (Wildman–Crippen LogP) is 0.394. The molecule has 24 nitrogen and oxygen atoms in total. The Morgan fingerprint density at radius 3 is 1.86 bits per heavy atom. The van der Waals surface area contributed by atoms with Crippen molar-refractivity contribution in [2.45, 2.75) is 152 Å². The zero-order chi connectivity index (χ0) is 58.3. The number of fused-ring (bicyclic) bond motifs is 1. The van der Waals surface area contributed by atoms with E-state index < -0.39 is 148 Å². The highest BCUT2D eigenvalue weighted by Gasteiger charge is 2.50. The van der Waals surface area contributed by atoms with E-state index in [-0.39, 0.29) is 55.4 Å². The Kier molecular flexibility index (Phi) is 20.2. The van der Waals surface area contributed by atoms with Crippen LogP contribution in [0.1, 0.15) is 114 Å². The van der Waals surface area contributed by atoms with Crippen LogP contribution in [-0.2, 0) is 38.3 Å². The number of carbonyl (C=O) groups excluding carboxylic acids is 8. The zero-order valence-corrected chi connectivity index (χ0v) is 46.1. The van der Waals surface area contributed by atoms with Crippen molar-refractivity contribution in [3.63, 3.8) is 0 Å². The molecule has 4 fully saturated rings. The maximum atomic E-state index is 15.2. The number of cyclic esters (lactones) is 1. The normalized spacial score (nSPS) is 30.1. The van der Waals surface area contributed by atoms with Gasteiger partial charge in [-0.05, 0) is 68.2 Å². The molecule has 25 heteroatoms.